The molecule has 1 aliphatic carbocycles. The first-order chi connectivity index (χ1) is 8.66. The van der Waals surface area contributed by atoms with Gasteiger partial charge in [-0.1, -0.05) is 18.9 Å². The molecule has 0 saturated heterocycles. The van der Waals surface area contributed by atoms with Gasteiger partial charge in [0, 0.05) is 6.54 Å². The van der Waals surface area contributed by atoms with Gasteiger partial charge in [-0.2, -0.15) is 0 Å². The van der Waals surface area contributed by atoms with E-state index >= 15 is 0 Å². The van der Waals surface area contributed by atoms with Crippen molar-refractivity contribution in [1.82, 2.24) is 5.32 Å². The molecule has 0 radical (unpaired) electrons. The Morgan fingerprint density at radius 2 is 2.22 bits per heavy atom. The van der Waals surface area contributed by atoms with E-state index in [1.165, 1.54) is 31.4 Å². The van der Waals surface area contributed by atoms with E-state index in [4.69, 9.17) is 5.11 Å². The Labute approximate surface area is 106 Å². The molecule has 98 valence electrons. The van der Waals surface area contributed by atoms with Gasteiger partial charge in [0.2, 0.25) is 0 Å². The second-order valence-corrected chi connectivity index (χ2v) is 4.88. The van der Waals surface area contributed by atoms with Gasteiger partial charge in [-0.3, -0.25) is 0 Å². The minimum Gasteiger partial charge on any atom is -0.478 e. The van der Waals surface area contributed by atoms with Crippen LogP contribution in [0.3, 0.4) is 0 Å². The van der Waals surface area contributed by atoms with Crippen molar-refractivity contribution in [3.63, 3.8) is 0 Å². The fourth-order valence-electron chi connectivity index (χ4n) is 2.00. The number of rotatable bonds is 7. The third kappa shape index (κ3) is 3.81. The molecule has 1 fully saturated rings. The van der Waals surface area contributed by atoms with Crippen LogP contribution in [-0.4, -0.2) is 17.6 Å². The van der Waals surface area contributed by atoms with Gasteiger partial charge in [-0.25, -0.2) is 9.18 Å². The van der Waals surface area contributed by atoms with Crippen molar-refractivity contribution in [3.05, 3.63) is 35.1 Å². The molecule has 0 bridgehead atoms. The summed E-state index contributed by atoms with van der Waals surface area (Å²) in [6.45, 7) is 1.51. The molecule has 1 aromatic rings. The van der Waals surface area contributed by atoms with E-state index in [9.17, 15) is 9.18 Å². The van der Waals surface area contributed by atoms with E-state index in [1.807, 2.05) is 0 Å². The standard InChI is InChI=1S/C14H18FNO2/c15-13-8-11(5-6-12(13)14(17)18)9-16-7-1-2-10-3-4-10/h5-6,8,10,16H,1-4,7,9H2,(H,17,18). The molecule has 0 aliphatic heterocycles. The summed E-state index contributed by atoms with van der Waals surface area (Å²) in [4.78, 5) is 10.6. The molecule has 0 amide bonds. The van der Waals surface area contributed by atoms with Crippen LogP contribution in [0.15, 0.2) is 18.2 Å². The highest BCUT2D eigenvalue weighted by atomic mass is 19.1. The van der Waals surface area contributed by atoms with Gasteiger partial charge in [0.25, 0.3) is 0 Å². The van der Waals surface area contributed by atoms with Gasteiger partial charge in [-0.05, 0) is 43.0 Å². The lowest BCUT2D eigenvalue weighted by Gasteiger charge is -2.06. The van der Waals surface area contributed by atoms with Gasteiger partial charge in [0.1, 0.15) is 5.82 Å². The highest BCUT2D eigenvalue weighted by Gasteiger charge is 2.19. The van der Waals surface area contributed by atoms with Crippen LogP contribution in [0, 0.1) is 11.7 Å². The lowest BCUT2D eigenvalue weighted by molar-refractivity contribution is 0.0692. The first kappa shape index (κ1) is 13.0. The van der Waals surface area contributed by atoms with Crippen molar-refractivity contribution in [2.24, 2.45) is 5.92 Å². The van der Waals surface area contributed by atoms with Gasteiger partial charge in [0.15, 0.2) is 0 Å². The zero-order valence-corrected chi connectivity index (χ0v) is 10.3. The Kier molecular flexibility index (Phi) is 4.31. The molecule has 3 nitrogen and oxygen atoms in total. The molecule has 18 heavy (non-hydrogen) atoms. The fourth-order valence-corrected chi connectivity index (χ4v) is 2.00. The number of halogens is 1. The van der Waals surface area contributed by atoms with E-state index in [0.29, 0.717) is 6.54 Å². The lowest BCUT2D eigenvalue weighted by Crippen LogP contribution is -2.15. The monoisotopic (exact) mass is 251 g/mol. The van der Waals surface area contributed by atoms with Crippen LogP contribution in [0.1, 0.15) is 41.6 Å². The normalized spacial score (nSPS) is 14.7. The predicted molar refractivity (Wildman–Crippen MR) is 67.0 cm³/mol. The smallest absolute Gasteiger partial charge is 0.338 e. The lowest BCUT2D eigenvalue weighted by atomic mass is 10.1. The van der Waals surface area contributed by atoms with Crippen molar-refractivity contribution < 1.29 is 14.3 Å². The summed E-state index contributed by atoms with van der Waals surface area (Å²) in [5.41, 5.74) is 0.511. The third-order valence-electron chi connectivity index (χ3n) is 3.26. The maximum atomic E-state index is 13.4. The third-order valence-corrected chi connectivity index (χ3v) is 3.26. The van der Waals surface area contributed by atoms with Crippen molar-refractivity contribution >= 4 is 5.97 Å². The molecular formula is C14H18FNO2. The highest BCUT2D eigenvalue weighted by Crippen LogP contribution is 2.33. The molecule has 4 heteroatoms. The van der Waals surface area contributed by atoms with Crippen LogP contribution in [0.2, 0.25) is 0 Å². The van der Waals surface area contributed by atoms with Crippen molar-refractivity contribution in [3.8, 4) is 0 Å². The average molecular weight is 251 g/mol. The Bertz CT molecular complexity index is 430. The van der Waals surface area contributed by atoms with Gasteiger partial charge >= 0.3 is 5.97 Å². The molecule has 0 aromatic heterocycles. The zero-order chi connectivity index (χ0) is 13.0. The van der Waals surface area contributed by atoms with Crippen molar-refractivity contribution in [1.29, 1.82) is 0 Å². The Morgan fingerprint density at radius 1 is 1.44 bits per heavy atom. The number of carboxylic acids is 1. The Morgan fingerprint density at radius 3 is 2.83 bits per heavy atom. The number of carboxylic acid groups (broad SMARTS) is 1. The van der Waals surface area contributed by atoms with Crippen LogP contribution >= 0.6 is 0 Å². The minimum atomic E-state index is -1.23. The highest BCUT2D eigenvalue weighted by molar-refractivity contribution is 5.87. The maximum absolute atomic E-state index is 13.4. The molecule has 0 atom stereocenters. The fraction of sp³-hybridized carbons (Fsp3) is 0.500. The quantitative estimate of drug-likeness (QED) is 0.733. The molecule has 1 aromatic carbocycles. The second kappa shape index (κ2) is 5.96. The molecule has 0 heterocycles. The number of benzene rings is 1. The summed E-state index contributed by atoms with van der Waals surface area (Å²) in [7, 11) is 0. The van der Waals surface area contributed by atoms with E-state index < -0.39 is 11.8 Å². The number of aromatic carboxylic acids is 1. The summed E-state index contributed by atoms with van der Waals surface area (Å²) < 4.78 is 13.4. The zero-order valence-electron chi connectivity index (χ0n) is 10.3. The molecule has 1 aliphatic rings. The first-order valence-corrected chi connectivity index (χ1v) is 6.39. The number of carbonyl (C=O) groups is 1. The molecule has 0 unspecified atom stereocenters. The van der Waals surface area contributed by atoms with Crippen molar-refractivity contribution in [2.75, 3.05) is 6.54 Å². The molecule has 2 rings (SSSR count). The van der Waals surface area contributed by atoms with Gasteiger partial charge in [0.05, 0.1) is 5.56 Å². The van der Waals surface area contributed by atoms with E-state index in [1.54, 1.807) is 6.07 Å². The number of hydrogen-bond acceptors (Lipinski definition) is 2. The topological polar surface area (TPSA) is 49.3 Å². The molecule has 2 N–H and O–H groups in total. The molecule has 0 spiro atoms. The van der Waals surface area contributed by atoms with E-state index in [-0.39, 0.29) is 5.56 Å². The maximum Gasteiger partial charge on any atom is 0.338 e. The summed E-state index contributed by atoms with van der Waals surface area (Å²) in [6.07, 6.45) is 5.18. The largest absolute Gasteiger partial charge is 0.478 e. The van der Waals surface area contributed by atoms with Crippen LogP contribution < -0.4 is 5.32 Å². The van der Waals surface area contributed by atoms with Crippen LogP contribution in [-0.2, 0) is 6.54 Å². The Balaban J connectivity index is 1.74. The van der Waals surface area contributed by atoms with Crippen LogP contribution in [0.4, 0.5) is 4.39 Å². The SMILES string of the molecule is O=C(O)c1ccc(CNCCCC2CC2)cc1F. The summed E-state index contributed by atoms with van der Waals surface area (Å²) in [5, 5.41) is 12.0. The van der Waals surface area contributed by atoms with E-state index in [2.05, 4.69) is 5.32 Å². The second-order valence-electron chi connectivity index (χ2n) is 4.88. The summed E-state index contributed by atoms with van der Waals surface area (Å²) in [6, 6.07) is 4.26. The van der Waals surface area contributed by atoms with Crippen LogP contribution in [0.25, 0.3) is 0 Å². The van der Waals surface area contributed by atoms with Crippen molar-refractivity contribution in [2.45, 2.75) is 32.2 Å². The molecule has 1 saturated carbocycles. The summed E-state index contributed by atoms with van der Waals surface area (Å²) in [5.74, 6) is -0.949. The molecular weight excluding hydrogens is 233 g/mol. The predicted octanol–water partition coefficient (Wildman–Crippen LogP) is 2.80. The van der Waals surface area contributed by atoms with Gasteiger partial charge < -0.3 is 10.4 Å². The summed E-state index contributed by atoms with van der Waals surface area (Å²) >= 11 is 0. The first-order valence-electron chi connectivity index (χ1n) is 6.39. The minimum absolute atomic E-state index is 0.271. The van der Waals surface area contributed by atoms with E-state index in [0.717, 1.165) is 24.4 Å². The average Bonchev–Trinajstić information content (AvgIpc) is 3.12. The van der Waals surface area contributed by atoms with Gasteiger partial charge in [-0.15, -0.1) is 0 Å². The number of nitrogens with one attached hydrogen (secondary N) is 1. The Hall–Kier alpha value is -1.42. The van der Waals surface area contributed by atoms with Crippen LogP contribution in [0.5, 0.6) is 0 Å². The number of hydrogen-bond donors (Lipinski definition) is 2.